The average Bonchev–Trinajstić information content (AvgIpc) is 3.41. The number of amides is 1. The molecule has 0 spiro atoms. The van der Waals surface area contributed by atoms with E-state index in [1.54, 1.807) is 12.1 Å². The van der Waals surface area contributed by atoms with Gasteiger partial charge in [0.15, 0.2) is 6.10 Å². The fourth-order valence-electron chi connectivity index (χ4n) is 3.87. The predicted molar refractivity (Wildman–Crippen MR) is 136 cm³/mol. The zero-order valence-corrected chi connectivity index (χ0v) is 20.5. The zero-order chi connectivity index (χ0) is 24.7. The van der Waals surface area contributed by atoms with Crippen LogP contribution in [0.15, 0.2) is 83.8 Å². The van der Waals surface area contributed by atoms with E-state index in [0.717, 1.165) is 24.0 Å². The lowest BCUT2D eigenvalue weighted by Crippen LogP contribution is -2.32. The minimum atomic E-state index is -3.65. The summed E-state index contributed by atoms with van der Waals surface area (Å²) in [4.78, 5) is 12.9. The Balaban J connectivity index is 1.33. The molecule has 0 aliphatic carbocycles. The summed E-state index contributed by atoms with van der Waals surface area (Å²) in [5.41, 5.74) is 2.67. The number of hydrogen-bond acceptors (Lipinski definition) is 5. The fourth-order valence-corrected chi connectivity index (χ4v) is 4.94. The molecule has 7 nitrogen and oxygen atoms in total. The first kappa shape index (κ1) is 24.9. The van der Waals surface area contributed by atoms with E-state index in [1.165, 1.54) is 12.1 Å². The van der Waals surface area contributed by atoms with Crippen LogP contribution in [0, 0.1) is 0 Å². The number of benzene rings is 3. The first-order chi connectivity index (χ1) is 16.9. The van der Waals surface area contributed by atoms with Gasteiger partial charge in [-0.15, -0.1) is 0 Å². The van der Waals surface area contributed by atoms with Crippen LogP contribution in [0.3, 0.4) is 0 Å². The van der Waals surface area contributed by atoms with Crippen molar-refractivity contribution in [2.75, 3.05) is 18.5 Å². The molecule has 184 valence electrons. The Bertz CT molecular complexity index is 1210. The first-order valence-electron chi connectivity index (χ1n) is 11.8. The number of anilines is 1. The van der Waals surface area contributed by atoms with Gasteiger partial charge in [0.1, 0.15) is 5.75 Å². The molecule has 8 heteroatoms. The standard InChI is InChI=1S/C27H30N2O5S/c1-2-26(34-23-14-10-21(11-15-23)20-7-4-3-5-8-20)27(30)29-22-12-16-25(17-13-22)35(31,32)28-19-24-9-6-18-33-24/h3-5,7-8,10-17,24,26,28H,2,6,9,18-19H2,1H3,(H,29,30). The van der Waals surface area contributed by atoms with E-state index in [2.05, 4.69) is 10.0 Å². The molecule has 2 atom stereocenters. The molecule has 0 bridgehead atoms. The van der Waals surface area contributed by atoms with Crippen LogP contribution in [0.4, 0.5) is 5.69 Å². The molecule has 0 aromatic heterocycles. The van der Waals surface area contributed by atoms with Gasteiger partial charge in [0.25, 0.3) is 5.91 Å². The highest BCUT2D eigenvalue weighted by atomic mass is 32.2. The normalized spacial score (nSPS) is 16.5. The Morgan fingerprint density at radius 3 is 2.31 bits per heavy atom. The number of sulfonamides is 1. The van der Waals surface area contributed by atoms with E-state index in [-0.39, 0.29) is 23.5 Å². The predicted octanol–water partition coefficient (Wildman–Crippen LogP) is 4.61. The molecule has 1 aliphatic rings. The maximum atomic E-state index is 12.8. The van der Waals surface area contributed by atoms with Gasteiger partial charge < -0.3 is 14.8 Å². The molecular formula is C27H30N2O5S. The topological polar surface area (TPSA) is 93.7 Å². The van der Waals surface area contributed by atoms with E-state index in [0.29, 0.717) is 24.5 Å². The Morgan fingerprint density at radius 2 is 1.69 bits per heavy atom. The summed E-state index contributed by atoms with van der Waals surface area (Å²) >= 11 is 0. The van der Waals surface area contributed by atoms with Gasteiger partial charge in [0.2, 0.25) is 10.0 Å². The molecule has 2 N–H and O–H groups in total. The third-order valence-electron chi connectivity index (χ3n) is 5.86. The van der Waals surface area contributed by atoms with E-state index in [9.17, 15) is 13.2 Å². The zero-order valence-electron chi connectivity index (χ0n) is 19.6. The van der Waals surface area contributed by atoms with Crippen LogP contribution < -0.4 is 14.8 Å². The highest BCUT2D eigenvalue weighted by Gasteiger charge is 2.21. The molecular weight excluding hydrogens is 464 g/mol. The van der Waals surface area contributed by atoms with Crippen molar-refractivity contribution < 1.29 is 22.7 Å². The van der Waals surface area contributed by atoms with Crippen molar-refractivity contribution in [2.24, 2.45) is 0 Å². The highest BCUT2D eigenvalue weighted by molar-refractivity contribution is 7.89. The van der Waals surface area contributed by atoms with Crippen LogP contribution in [0.25, 0.3) is 11.1 Å². The van der Waals surface area contributed by atoms with Crippen molar-refractivity contribution >= 4 is 21.6 Å². The molecule has 35 heavy (non-hydrogen) atoms. The van der Waals surface area contributed by atoms with Crippen molar-refractivity contribution in [1.29, 1.82) is 0 Å². The van der Waals surface area contributed by atoms with E-state index >= 15 is 0 Å². The number of carbonyl (C=O) groups is 1. The molecule has 3 aromatic rings. The molecule has 0 radical (unpaired) electrons. The van der Waals surface area contributed by atoms with Gasteiger partial charge in [-0.2, -0.15) is 0 Å². The van der Waals surface area contributed by atoms with Crippen LogP contribution in [-0.2, 0) is 19.6 Å². The lowest BCUT2D eigenvalue weighted by molar-refractivity contribution is -0.122. The Morgan fingerprint density at radius 1 is 1.00 bits per heavy atom. The molecule has 2 unspecified atom stereocenters. The summed E-state index contributed by atoms with van der Waals surface area (Å²) in [6, 6.07) is 23.7. The van der Waals surface area contributed by atoms with Crippen molar-refractivity contribution in [2.45, 2.75) is 43.3 Å². The minimum Gasteiger partial charge on any atom is -0.481 e. The van der Waals surface area contributed by atoms with Crippen molar-refractivity contribution in [3.8, 4) is 16.9 Å². The van der Waals surface area contributed by atoms with Crippen LogP contribution in [-0.4, -0.2) is 39.7 Å². The van der Waals surface area contributed by atoms with Crippen molar-refractivity contribution in [1.82, 2.24) is 4.72 Å². The quantitative estimate of drug-likeness (QED) is 0.429. The summed E-state index contributed by atoms with van der Waals surface area (Å²) < 4.78 is 39.0. The summed E-state index contributed by atoms with van der Waals surface area (Å²) in [5, 5.41) is 2.81. The van der Waals surface area contributed by atoms with E-state index < -0.39 is 16.1 Å². The maximum absolute atomic E-state index is 12.8. The van der Waals surface area contributed by atoms with Gasteiger partial charge in [0.05, 0.1) is 11.0 Å². The number of hydrogen-bond donors (Lipinski definition) is 2. The van der Waals surface area contributed by atoms with E-state index in [1.807, 2.05) is 61.5 Å². The van der Waals surface area contributed by atoms with Gasteiger partial charge in [-0.25, -0.2) is 13.1 Å². The van der Waals surface area contributed by atoms with E-state index in [4.69, 9.17) is 9.47 Å². The number of nitrogens with one attached hydrogen (secondary N) is 2. The summed E-state index contributed by atoms with van der Waals surface area (Å²) in [6.07, 6.45) is 1.51. The number of ether oxygens (including phenoxy) is 2. The van der Waals surface area contributed by atoms with Gasteiger partial charge >= 0.3 is 0 Å². The second-order valence-electron chi connectivity index (χ2n) is 8.41. The maximum Gasteiger partial charge on any atom is 0.265 e. The molecule has 1 saturated heterocycles. The molecule has 1 fully saturated rings. The Hall–Kier alpha value is -3.20. The third kappa shape index (κ3) is 6.69. The van der Waals surface area contributed by atoms with Crippen LogP contribution in [0.2, 0.25) is 0 Å². The first-order valence-corrected chi connectivity index (χ1v) is 13.3. The molecule has 1 heterocycles. The van der Waals surface area contributed by atoms with Gasteiger partial charge in [-0.3, -0.25) is 4.79 Å². The van der Waals surface area contributed by atoms with Gasteiger partial charge in [-0.05, 0) is 66.8 Å². The van der Waals surface area contributed by atoms with Gasteiger partial charge in [0, 0.05) is 18.8 Å². The summed E-state index contributed by atoms with van der Waals surface area (Å²) in [7, 11) is -3.65. The lowest BCUT2D eigenvalue weighted by Gasteiger charge is -2.18. The van der Waals surface area contributed by atoms with Crippen LogP contribution in [0.5, 0.6) is 5.75 Å². The molecule has 1 amide bonds. The minimum absolute atomic E-state index is 0.0798. The molecule has 4 rings (SSSR count). The smallest absolute Gasteiger partial charge is 0.265 e. The monoisotopic (exact) mass is 494 g/mol. The Kier molecular flexibility index (Phi) is 8.17. The number of carbonyl (C=O) groups excluding carboxylic acids is 1. The van der Waals surface area contributed by atoms with Crippen LogP contribution in [0.1, 0.15) is 26.2 Å². The van der Waals surface area contributed by atoms with Crippen molar-refractivity contribution in [3.05, 3.63) is 78.9 Å². The largest absolute Gasteiger partial charge is 0.481 e. The SMILES string of the molecule is CCC(Oc1ccc(-c2ccccc2)cc1)C(=O)Nc1ccc(S(=O)(=O)NCC2CCCO2)cc1. The molecule has 3 aromatic carbocycles. The highest BCUT2D eigenvalue weighted by Crippen LogP contribution is 2.23. The Labute approximate surface area is 206 Å². The molecule has 1 aliphatic heterocycles. The second-order valence-corrected chi connectivity index (χ2v) is 10.2. The van der Waals surface area contributed by atoms with Crippen LogP contribution >= 0.6 is 0 Å². The fraction of sp³-hybridized carbons (Fsp3) is 0.296. The summed E-state index contributed by atoms with van der Waals surface area (Å²) in [6.45, 7) is 2.79. The second kappa shape index (κ2) is 11.5. The average molecular weight is 495 g/mol. The lowest BCUT2D eigenvalue weighted by atomic mass is 10.1. The number of rotatable bonds is 10. The van der Waals surface area contributed by atoms with Crippen molar-refractivity contribution in [3.63, 3.8) is 0 Å². The third-order valence-corrected chi connectivity index (χ3v) is 7.30. The summed E-state index contributed by atoms with van der Waals surface area (Å²) in [5.74, 6) is 0.303. The van der Waals surface area contributed by atoms with Gasteiger partial charge in [-0.1, -0.05) is 49.4 Å². The molecule has 0 saturated carbocycles.